The molecule has 0 radical (unpaired) electrons. The van der Waals surface area contributed by atoms with Gasteiger partial charge in [0.1, 0.15) is 13.2 Å². The lowest BCUT2D eigenvalue weighted by Gasteiger charge is -2.18. The van der Waals surface area contributed by atoms with Crippen molar-refractivity contribution in [2.24, 2.45) is 0 Å². The van der Waals surface area contributed by atoms with E-state index >= 15 is 0 Å². The highest BCUT2D eigenvalue weighted by molar-refractivity contribution is 5.71. The molecule has 0 saturated carbocycles. The van der Waals surface area contributed by atoms with E-state index in [9.17, 15) is 14.4 Å². The third-order valence-electron chi connectivity index (χ3n) is 14.6. The zero-order valence-corrected chi connectivity index (χ0v) is 52.1. The lowest BCUT2D eigenvalue weighted by molar-refractivity contribution is -0.167. The molecular formula is C73H126O6. The second kappa shape index (κ2) is 66.8. The molecule has 0 spiro atoms. The Balaban J connectivity index is 4.32. The Kier molecular flexibility index (Phi) is 63.7. The molecule has 0 bridgehead atoms. The first kappa shape index (κ1) is 75.3. The summed E-state index contributed by atoms with van der Waals surface area (Å²) in [5, 5.41) is 0. The van der Waals surface area contributed by atoms with Crippen molar-refractivity contribution in [2.45, 2.75) is 335 Å². The van der Waals surface area contributed by atoms with Crippen LogP contribution in [0.5, 0.6) is 0 Å². The minimum Gasteiger partial charge on any atom is -0.462 e. The third kappa shape index (κ3) is 65.0. The number of unbranched alkanes of at least 4 members (excludes halogenated alkanes) is 34. The van der Waals surface area contributed by atoms with Gasteiger partial charge in [0.25, 0.3) is 0 Å². The number of esters is 3. The zero-order chi connectivity index (χ0) is 57.1. The molecule has 0 heterocycles. The second-order valence-corrected chi connectivity index (χ2v) is 22.3. The van der Waals surface area contributed by atoms with E-state index < -0.39 is 6.10 Å². The van der Waals surface area contributed by atoms with Gasteiger partial charge in [-0.25, -0.2) is 0 Å². The van der Waals surface area contributed by atoms with E-state index in [-0.39, 0.29) is 31.1 Å². The van der Waals surface area contributed by atoms with Crippen molar-refractivity contribution in [3.8, 4) is 0 Å². The molecular weight excluding hydrogens is 973 g/mol. The Hall–Kier alpha value is -3.67. The van der Waals surface area contributed by atoms with Crippen LogP contribution in [0, 0.1) is 0 Å². The first-order valence-electron chi connectivity index (χ1n) is 33.7. The van der Waals surface area contributed by atoms with Crippen molar-refractivity contribution in [1.29, 1.82) is 0 Å². The number of ether oxygens (including phenoxy) is 3. The molecule has 0 fully saturated rings. The Morgan fingerprint density at radius 2 is 0.494 bits per heavy atom. The topological polar surface area (TPSA) is 78.9 Å². The van der Waals surface area contributed by atoms with Crippen LogP contribution in [0.4, 0.5) is 0 Å². The predicted octanol–water partition coefficient (Wildman–Crippen LogP) is 23.2. The van der Waals surface area contributed by atoms with Crippen LogP contribution in [0.1, 0.15) is 329 Å². The van der Waals surface area contributed by atoms with E-state index in [0.717, 1.165) is 128 Å². The Morgan fingerprint density at radius 3 is 0.772 bits per heavy atom. The van der Waals surface area contributed by atoms with Crippen molar-refractivity contribution in [1.82, 2.24) is 0 Å². The molecule has 0 N–H and O–H groups in total. The monoisotopic (exact) mass is 1100 g/mol. The molecule has 0 aromatic rings. The van der Waals surface area contributed by atoms with Gasteiger partial charge in [-0.3, -0.25) is 14.4 Å². The molecule has 0 aliphatic heterocycles. The fraction of sp³-hybridized carbons (Fsp3) is 0.740. The maximum absolute atomic E-state index is 12.9. The van der Waals surface area contributed by atoms with Gasteiger partial charge in [0.05, 0.1) is 0 Å². The summed E-state index contributed by atoms with van der Waals surface area (Å²) in [6.07, 6.45) is 89.9. The molecule has 0 aromatic carbocycles. The number of carbonyl (C=O) groups excluding carboxylic acids is 3. The van der Waals surface area contributed by atoms with E-state index in [0.29, 0.717) is 19.3 Å². The van der Waals surface area contributed by atoms with Crippen molar-refractivity contribution in [2.75, 3.05) is 13.2 Å². The van der Waals surface area contributed by atoms with Crippen LogP contribution in [-0.2, 0) is 28.6 Å². The van der Waals surface area contributed by atoms with Crippen LogP contribution >= 0.6 is 0 Å². The van der Waals surface area contributed by atoms with Crippen molar-refractivity contribution in [3.05, 3.63) is 97.2 Å². The number of hydrogen-bond donors (Lipinski definition) is 0. The highest BCUT2D eigenvalue weighted by Gasteiger charge is 2.19. The van der Waals surface area contributed by atoms with Gasteiger partial charge in [-0.05, 0) is 96.3 Å². The van der Waals surface area contributed by atoms with Crippen molar-refractivity contribution < 1.29 is 28.6 Å². The van der Waals surface area contributed by atoms with E-state index in [4.69, 9.17) is 14.2 Å². The van der Waals surface area contributed by atoms with Crippen LogP contribution in [0.15, 0.2) is 97.2 Å². The standard InChI is InChI=1S/C73H126O6/c1-4-7-10-13-16-19-22-25-28-30-32-33-34-35-36-37-38-39-41-42-45-48-51-54-57-60-63-66-72(75)78-69-70(68-77-71(74)65-62-59-56-53-50-47-44-27-24-21-18-15-12-9-6-3)79-73(76)67-64-61-58-55-52-49-46-43-40-31-29-26-23-20-17-14-11-8-5-2/h7,9-10,12,16,18-19,21,25,27-28,32-33,35-36,44,70H,4-6,8,11,13-15,17,20,22-24,26,29-31,34,37-43,45-69H2,1-3H3/b10-7-,12-9-,19-16-,21-18-,28-25-,33-32-,36-35-,44-27-. The molecule has 6 heteroatoms. The minimum absolute atomic E-state index is 0.0819. The molecule has 0 amide bonds. The molecule has 1 atom stereocenters. The van der Waals surface area contributed by atoms with Gasteiger partial charge in [-0.2, -0.15) is 0 Å². The Morgan fingerprint density at radius 1 is 0.266 bits per heavy atom. The molecule has 6 nitrogen and oxygen atoms in total. The molecule has 0 aromatic heterocycles. The van der Waals surface area contributed by atoms with Gasteiger partial charge >= 0.3 is 17.9 Å². The molecule has 0 aliphatic rings. The zero-order valence-electron chi connectivity index (χ0n) is 52.1. The lowest BCUT2D eigenvalue weighted by atomic mass is 10.0. The molecule has 0 rings (SSSR count). The van der Waals surface area contributed by atoms with Crippen molar-refractivity contribution in [3.63, 3.8) is 0 Å². The van der Waals surface area contributed by atoms with Gasteiger partial charge in [0.15, 0.2) is 6.10 Å². The number of rotatable bonds is 61. The van der Waals surface area contributed by atoms with Crippen LogP contribution < -0.4 is 0 Å². The summed E-state index contributed by atoms with van der Waals surface area (Å²) in [6, 6.07) is 0. The van der Waals surface area contributed by atoms with Gasteiger partial charge in [0, 0.05) is 19.3 Å². The maximum Gasteiger partial charge on any atom is 0.306 e. The summed E-state index contributed by atoms with van der Waals surface area (Å²) < 4.78 is 17.0. The van der Waals surface area contributed by atoms with E-state index in [1.54, 1.807) is 0 Å². The summed E-state index contributed by atoms with van der Waals surface area (Å²) in [4.78, 5) is 38.4. The quantitative estimate of drug-likeness (QED) is 0.0261. The van der Waals surface area contributed by atoms with Gasteiger partial charge in [-0.15, -0.1) is 0 Å². The summed E-state index contributed by atoms with van der Waals surface area (Å²) in [6.45, 7) is 6.44. The summed E-state index contributed by atoms with van der Waals surface area (Å²) in [5.74, 6) is -0.886. The molecule has 454 valence electrons. The fourth-order valence-corrected chi connectivity index (χ4v) is 9.60. The van der Waals surface area contributed by atoms with Gasteiger partial charge in [0.2, 0.25) is 0 Å². The van der Waals surface area contributed by atoms with Crippen LogP contribution in [0.2, 0.25) is 0 Å². The van der Waals surface area contributed by atoms with Crippen LogP contribution in [-0.4, -0.2) is 37.2 Å². The predicted molar refractivity (Wildman–Crippen MR) is 344 cm³/mol. The second-order valence-electron chi connectivity index (χ2n) is 22.3. The first-order valence-corrected chi connectivity index (χ1v) is 33.7. The maximum atomic E-state index is 12.9. The van der Waals surface area contributed by atoms with Crippen molar-refractivity contribution >= 4 is 17.9 Å². The largest absolute Gasteiger partial charge is 0.462 e. The summed E-state index contributed by atoms with van der Waals surface area (Å²) in [5.41, 5.74) is 0. The highest BCUT2D eigenvalue weighted by atomic mass is 16.6. The average Bonchev–Trinajstić information content (AvgIpc) is 3.45. The Labute approximate surface area is 489 Å². The summed E-state index contributed by atoms with van der Waals surface area (Å²) in [7, 11) is 0. The van der Waals surface area contributed by atoms with Gasteiger partial charge < -0.3 is 14.2 Å². The summed E-state index contributed by atoms with van der Waals surface area (Å²) >= 11 is 0. The first-order chi connectivity index (χ1) is 39.0. The Bertz CT molecular complexity index is 1540. The number of allylic oxidation sites excluding steroid dienone is 16. The van der Waals surface area contributed by atoms with Gasteiger partial charge in [-0.1, -0.05) is 311 Å². The SMILES string of the molecule is CC/C=C\C/C=C\C/C=C\C/C=C\C/C=C\CCCCCCCCCCCCCC(=O)OCC(COC(=O)CCCCCCC/C=C\C/C=C\C/C=C\CC)OC(=O)CCCCCCCCCCCCCCCCCCCCC. The molecule has 79 heavy (non-hydrogen) atoms. The fourth-order valence-electron chi connectivity index (χ4n) is 9.60. The third-order valence-corrected chi connectivity index (χ3v) is 14.6. The van der Waals surface area contributed by atoms with Crippen LogP contribution in [0.3, 0.4) is 0 Å². The average molecular weight is 1100 g/mol. The number of carbonyl (C=O) groups is 3. The van der Waals surface area contributed by atoms with E-state index in [1.165, 1.54) is 161 Å². The minimum atomic E-state index is -0.786. The lowest BCUT2D eigenvalue weighted by Crippen LogP contribution is -2.30. The highest BCUT2D eigenvalue weighted by Crippen LogP contribution is 2.17. The van der Waals surface area contributed by atoms with E-state index in [1.807, 2.05) is 0 Å². The number of hydrogen-bond acceptors (Lipinski definition) is 6. The molecule has 1 unspecified atom stereocenters. The molecule has 0 aliphatic carbocycles. The smallest absolute Gasteiger partial charge is 0.306 e. The normalized spacial score (nSPS) is 12.7. The van der Waals surface area contributed by atoms with Crippen LogP contribution in [0.25, 0.3) is 0 Å². The molecule has 0 saturated heterocycles. The van der Waals surface area contributed by atoms with E-state index in [2.05, 4.69) is 118 Å².